The smallest absolute Gasteiger partial charge is 0.0445 e. The van der Waals surface area contributed by atoms with Gasteiger partial charge in [0.2, 0.25) is 0 Å². The molecule has 0 radical (unpaired) electrons. The van der Waals surface area contributed by atoms with Gasteiger partial charge in [-0.25, -0.2) is 0 Å². The Bertz CT molecular complexity index is 340. The van der Waals surface area contributed by atoms with Gasteiger partial charge in [-0.1, -0.05) is 30.3 Å². The van der Waals surface area contributed by atoms with Crippen molar-refractivity contribution in [3.05, 3.63) is 35.9 Å². The topological polar surface area (TPSA) is 119 Å². The molecule has 0 bridgehead atoms. The number of hydrogen-bond donors (Lipinski definition) is 6. The minimum Gasteiger partial charge on any atom is -0.396 e. The lowest BCUT2D eigenvalue weighted by atomic mass is 10.1. The van der Waals surface area contributed by atoms with Crippen molar-refractivity contribution in [1.29, 1.82) is 0 Å². The summed E-state index contributed by atoms with van der Waals surface area (Å²) in [6.45, 7) is 1.33. The summed E-state index contributed by atoms with van der Waals surface area (Å²) < 4.78 is 0. The lowest BCUT2D eigenvalue weighted by Gasteiger charge is -2.16. The van der Waals surface area contributed by atoms with Gasteiger partial charge in [0.1, 0.15) is 0 Å². The van der Waals surface area contributed by atoms with E-state index in [4.69, 9.17) is 26.2 Å². The Balaban J connectivity index is 0.000000515. The van der Waals surface area contributed by atoms with Crippen LogP contribution in [-0.2, 0) is 6.54 Å². The van der Waals surface area contributed by atoms with Crippen LogP contribution in [0.4, 0.5) is 0 Å². The monoisotopic (exact) mass is 328 g/mol. The van der Waals surface area contributed by atoms with Crippen LogP contribution >= 0.6 is 0 Å². The summed E-state index contributed by atoms with van der Waals surface area (Å²) in [5, 5.41) is 37.6. The third-order valence-corrected chi connectivity index (χ3v) is 3.39. The van der Waals surface area contributed by atoms with Gasteiger partial charge in [0.25, 0.3) is 0 Å². The van der Waals surface area contributed by atoms with Crippen molar-refractivity contribution in [2.24, 2.45) is 5.73 Å². The van der Waals surface area contributed by atoms with E-state index in [0.29, 0.717) is 25.7 Å². The van der Waals surface area contributed by atoms with Crippen LogP contribution in [-0.4, -0.2) is 58.9 Å². The molecule has 0 aliphatic carbocycles. The Hall–Kier alpha value is -1.02. The molecule has 0 spiro atoms. The number of nitrogens with two attached hydrogens (primary N) is 1. The van der Waals surface area contributed by atoms with Crippen LogP contribution in [0.5, 0.6) is 0 Å². The summed E-state index contributed by atoms with van der Waals surface area (Å²) in [6, 6.07) is 10.3. The first-order chi connectivity index (χ1) is 11.2. The first-order valence-electron chi connectivity index (χ1n) is 8.14. The summed E-state index contributed by atoms with van der Waals surface area (Å²) in [7, 11) is 0. The highest BCUT2D eigenvalue weighted by molar-refractivity contribution is 5.14. The molecular weight excluding hydrogens is 296 g/mol. The molecule has 1 rings (SSSR count). The van der Waals surface area contributed by atoms with Crippen LogP contribution in [0.1, 0.15) is 31.2 Å². The number of benzene rings is 1. The minimum atomic E-state index is -0.0370. The summed E-state index contributed by atoms with van der Waals surface area (Å²) in [6.07, 6.45) is 2.54. The third kappa shape index (κ3) is 13.1. The number of aliphatic hydroxyl groups excluding tert-OH is 4. The molecule has 0 aliphatic rings. The second-order valence-corrected chi connectivity index (χ2v) is 5.37. The Morgan fingerprint density at radius 1 is 0.783 bits per heavy atom. The molecule has 0 fully saturated rings. The highest BCUT2D eigenvalue weighted by atomic mass is 16.3. The highest BCUT2D eigenvalue weighted by Gasteiger charge is 2.06. The average molecular weight is 328 g/mol. The summed E-state index contributed by atoms with van der Waals surface area (Å²) in [5.41, 5.74) is 6.60. The Morgan fingerprint density at radius 2 is 1.26 bits per heavy atom. The molecule has 7 N–H and O–H groups in total. The predicted molar refractivity (Wildman–Crippen MR) is 91.9 cm³/mol. The van der Waals surface area contributed by atoms with E-state index in [1.807, 2.05) is 18.2 Å². The maximum absolute atomic E-state index is 8.84. The largest absolute Gasteiger partial charge is 0.396 e. The third-order valence-electron chi connectivity index (χ3n) is 3.39. The Morgan fingerprint density at radius 3 is 1.70 bits per heavy atom. The molecule has 0 atom stereocenters. The van der Waals surface area contributed by atoms with E-state index in [-0.39, 0.29) is 38.5 Å². The summed E-state index contributed by atoms with van der Waals surface area (Å²) in [4.78, 5) is 0. The number of nitrogens with one attached hydrogen (secondary N) is 1. The summed E-state index contributed by atoms with van der Waals surface area (Å²) in [5.74, 6) is 0. The fourth-order valence-corrected chi connectivity index (χ4v) is 1.99. The van der Waals surface area contributed by atoms with Crippen LogP contribution in [0.15, 0.2) is 30.3 Å². The highest BCUT2D eigenvalue weighted by Crippen LogP contribution is 2.02. The molecule has 0 amide bonds. The second kappa shape index (κ2) is 15.9. The Kier molecular flexibility index (Phi) is 15.2. The van der Waals surface area contributed by atoms with Crippen molar-refractivity contribution < 1.29 is 20.4 Å². The maximum atomic E-state index is 8.84. The van der Waals surface area contributed by atoms with Crippen LogP contribution in [0.25, 0.3) is 0 Å². The molecule has 23 heavy (non-hydrogen) atoms. The van der Waals surface area contributed by atoms with Gasteiger partial charge >= 0.3 is 0 Å². The molecule has 0 saturated heterocycles. The number of hydrogen-bond acceptors (Lipinski definition) is 6. The van der Waals surface area contributed by atoms with Crippen molar-refractivity contribution in [3.8, 4) is 0 Å². The first-order valence-corrected chi connectivity index (χ1v) is 8.14. The molecule has 6 heteroatoms. The van der Waals surface area contributed by atoms with Crippen LogP contribution in [0.2, 0.25) is 0 Å². The van der Waals surface area contributed by atoms with E-state index in [2.05, 4.69) is 17.4 Å². The van der Waals surface area contributed by atoms with Crippen LogP contribution < -0.4 is 11.1 Å². The van der Waals surface area contributed by atoms with E-state index in [1.54, 1.807) is 0 Å². The first kappa shape index (κ1) is 22.0. The molecule has 1 aromatic rings. The molecule has 0 unspecified atom stereocenters. The van der Waals surface area contributed by atoms with Gasteiger partial charge in [0.05, 0.1) is 0 Å². The van der Waals surface area contributed by atoms with Gasteiger partial charge in [-0.3, -0.25) is 0 Å². The molecule has 6 nitrogen and oxygen atoms in total. The standard InChI is InChI=1S/C12H19NO2.C5H13NO2/c14-8-6-12(7-9-15)13-10-11-4-2-1-3-5-11;6-5(1-3-7)2-4-8/h1-5,12-15H,6-10H2;5,7-8H,1-4,6H2. The van der Waals surface area contributed by atoms with Crippen LogP contribution in [0.3, 0.4) is 0 Å². The van der Waals surface area contributed by atoms with Gasteiger partial charge in [-0.05, 0) is 31.2 Å². The molecule has 134 valence electrons. The second-order valence-electron chi connectivity index (χ2n) is 5.37. The minimum absolute atomic E-state index is 0.0370. The SMILES string of the molecule is NC(CCO)CCO.OCCC(CCO)NCc1ccccc1. The molecule has 0 aromatic heterocycles. The Labute approximate surface area is 139 Å². The van der Waals surface area contributed by atoms with E-state index < -0.39 is 0 Å². The fraction of sp³-hybridized carbons (Fsp3) is 0.647. The molecular formula is C17H32N2O4. The number of aliphatic hydroxyl groups is 4. The van der Waals surface area contributed by atoms with Crippen molar-refractivity contribution in [1.82, 2.24) is 5.32 Å². The molecule has 1 aromatic carbocycles. The predicted octanol–water partition coefficient (Wildman–Crippen LogP) is -0.0119. The lowest BCUT2D eigenvalue weighted by molar-refractivity contribution is 0.227. The number of rotatable bonds is 11. The quantitative estimate of drug-likeness (QED) is 0.340. The van der Waals surface area contributed by atoms with Gasteiger partial charge < -0.3 is 31.5 Å². The zero-order valence-corrected chi connectivity index (χ0v) is 13.8. The van der Waals surface area contributed by atoms with E-state index in [1.165, 1.54) is 5.56 Å². The lowest BCUT2D eigenvalue weighted by Crippen LogP contribution is -2.30. The normalized spacial score (nSPS) is 10.7. The van der Waals surface area contributed by atoms with E-state index in [9.17, 15) is 0 Å². The van der Waals surface area contributed by atoms with Crippen molar-refractivity contribution in [2.75, 3.05) is 26.4 Å². The molecule has 0 aliphatic heterocycles. The van der Waals surface area contributed by atoms with Gasteiger partial charge in [0.15, 0.2) is 0 Å². The zero-order chi connectivity index (χ0) is 17.3. The van der Waals surface area contributed by atoms with Gasteiger partial charge in [-0.15, -0.1) is 0 Å². The molecule has 0 heterocycles. The van der Waals surface area contributed by atoms with Crippen LogP contribution in [0, 0.1) is 0 Å². The molecule has 0 saturated carbocycles. The zero-order valence-electron chi connectivity index (χ0n) is 13.8. The summed E-state index contributed by atoms with van der Waals surface area (Å²) >= 11 is 0. The van der Waals surface area contributed by atoms with Gasteiger partial charge in [-0.2, -0.15) is 0 Å². The maximum Gasteiger partial charge on any atom is 0.0445 e. The van der Waals surface area contributed by atoms with E-state index >= 15 is 0 Å². The van der Waals surface area contributed by atoms with Crippen molar-refractivity contribution in [2.45, 2.75) is 44.3 Å². The van der Waals surface area contributed by atoms with Crippen molar-refractivity contribution in [3.63, 3.8) is 0 Å². The fourth-order valence-electron chi connectivity index (χ4n) is 1.99. The van der Waals surface area contributed by atoms with Crippen molar-refractivity contribution >= 4 is 0 Å². The average Bonchev–Trinajstić information content (AvgIpc) is 2.55. The van der Waals surface area contributed by atoms with E-state index in [0.717, 1.165) is 6.54 Å². The van der Waals surface area contributed by atoms with Gasteiger partial charge in [0, 0.05) is 45.1 Å².